The summed E-state index contributed by atoms with van der Waals surface area (Å²) in [4.78, 5) is 20.5. The molecule has 3 aromatic rings. The van der Waals surface area contributed by atoms with E-state index in [4.69, 9.17) is 4.74 Å². The van der Waals surface area contributed by atoms with Gasteiger partial charge >= 0.3 is 6.18 Å². The van der Waals surface area contributed by atoms with E-state index in [0.717, 1.165) is 23.8 Å². The van der Waals surface area contributed by atoms with Gasteiger partial charge in [-0.15, -0.1) is 0 Å². The Hall–Kier alpha value is -2.52. The molecular weight excluding hydrogens is 379 g/mol. The highest BCUT2D eigenvalue weighted by atomic mass is 32.1. The van der Waals surface area contributed by atoms with Crippen LogP contribution in [0.5, 0.6) is 0 Å². The van der Waals surface area contributed by atoms with Crippen molar-refractivity contribution in [3.63, 3.8) is 0 Å². The maximum atomic E-state index is 13.6. The van der Waals surface area contributed by atoms with Crippen molar-refractivity contribution in [1.82, 2.24) is 9.97 Å². The van der Waals surface area contributed by atoms with E-state index in [0.29, 0.717) is 18.6 Å². The van der Waals surface area contributed by atoms with Gasteiger partial charge in [0.25, 0.3) is 5.91 Å². The molecule has 140 valence electrons. The monoisotopic (exact) mass is 393 g/mol. The largest absolute Gasteiger partial charge is 0.417 e. The first-order valence-electron chi connectivity index (χ1n) is 8.28. The van der Waals surface area contributed by atoms with Gasteiger partial charge in [0, 0.05) is 12.2 Å². The summed E-state index contributed by atoms with van der Waals surface area (Å²) < 4.78 is 45.9. The molecule has 0 radical (unpaired) electrons. The number of carbonyl (C=O) groups is 1. The van der Waals surface area contributed by atoms with Gasteiger partial charge < -0.3 is 4.74 Å². The number of halogens is 3. The lowest BCUT2D eigenvalue weighted by Crippen LogP contribution is -2.26. The van der Waals surface area contributed by atoms with E-state index in [1.807, 2.05) is 0 Å². The topological polar surface area (TPSA) is 64.1 Å². The van der Waals surface area contributed by atoms with Crippen molar-refractivity contribution < 1.29 is 22.7 Å². The van der Waals surface area contributed by atoms with Gasteiger partial charge in [0.15, 0.2) is 10.8 Å². The number of anilines is 1. The van der Waals surface area contributed by atoms with Crippen LogP contribution in [0.25, 0.3) is 21.6 Å². The predicted octanol–water partition coefficient (Wildman–Crippen LogP) is 4.49. The lowest BCUT2D eigenvalue weighted by atomic mass is 10.1. The maximum absolute atomic E-state index is 13.6. The number of ether oxygens (including phenoxy) is 1. The SMILES string of the molecule is O=C(Nc1nc2nc(-c3ccccc3)cc(C(F)(F)F)c2s1)[C@H]1CCCO1. The molecule has 1 amide bonds. The Kier molecular flexibility index (Phi) is 4.56. The molecule has 1 saturated heterocycles. The number of hydrogen-bond acceptors (Lipinski definition) is 5. The molecule has 1 aromatic carbocycles. The van der Waals surface area contributed by atoms with Crippen LogP contribution >= 0.6 is 11.3 Å². The number of nitrogens with zero attached hydrogens (tertiary/aromatic N) is 2. The average Bonchev–Trinajstić information content (AvgIpc) is 3.30. The van der Waals surface area contributed by atoms with E-state index in [1.165, 1.54) is 0 Å². The summed E-state index contributed by atoms with van der Waals surface area (Å²) in [7, 11) is 0. The Morgan fingerprint density at radius 2 is 2.00 bits per heavy atom. The van der Waals surface area contributed by atoms with Gasteiger partial charge in [0.2, 0.25) is 0 Å². The third-order valence-corrected chi connectivity index (χ3v) is 5.18. The Balaban J connectivity index is 1.75. The Morgan fingerprint density at radius 3 is 2.67 bits per heavy atom. The van der Waals surface area contributed by atoms with Crippen molar-refractivity contribution in [3.8, 4) is 11.3 Å². The van der Waals surface area contributed by atoms with Gasteiger partial charge in [-0.2, -0.15) is 18.2 Å². The number of benzene rings is 1. The molecule has 1 atom stereocenters. The predicted molar refractivity (Wildman–Crippen MR) is 95.5 cm³/mol. The molecule has 1 aliphatic rings. The van der Waals surface area contributed by atoms with E-state index >= 15 is 0 Å². The number of nitrogens with one attached hydrogen (secondary N) is 1. The summed E-state index contributed by atoms with van der Waals surface area (Å²) in [5.74, 6) is -0.400. The Bertz CT molecular complexity index is 983. The number of pyridine rings is 1. The van der Waals surface area contributed by atoms with E-state index in [1.54, 1.807) is 30.3 Å². The zero-order valence-corrected chi connectivity index (χ0v) is 14.7. The molecule has 0 bridgehead atoms. The minimum absolute atomic E-state index is 0.0451. The fraction of sp³-hybridized carbons (Fsp3) is 0.278. The fourth-order valence-electron chi connectivity index (χ4n) is 2.90. The van der Waals surface area contributed by atoms with Crippen molar-refractivity contribution >= 4 is 32.7 Å². The smallest absolute Gasteiger partial charge is 0.368 e. The summed E-state index contributed by atoms with van der Waals surface area (Å²) in [5, 5.41) is 2.62. The molecule has 2 aromatic heterocycles. The molecule has 0 saturated carbocycles. The second-order valence-electron chi connectivity index (χ2n) is 6.08. The Labute approximate surface area is 156 Å². The molecule has 1 aliphatic heterocycles. The fourth-order valence-corrected chi connectivity index (χ4v) is 3.85. The standard InChI is InChI=1S/C18H14F3N3O2S/c19-18(20,21)11-9-12(10-5-2-1-3-6-10)22-15-14(11)27-17(23-15)24-16(25)13-7-4-8-26-13/h1-3,5-6,9,13H,4,7-8H2,(H,22,23,24,25)/t13-/m1/s1. The lowest BCUT2D eigenvalue weighted by molar-refractivity contribution is -0.136. The summed E-state index contributed by atoms with van der Waals surface area (Å²) >= 11 is 0.761. The van der Waals surface area contributed by atoms with Crippen molar-refractivity contribution in [2.24, 2.45) is 0 Å². The van der Waals surface area contributed by atoms with Gasteiger partial charge in [-0.3, -0.25) is 10.1 Å². The average molecular weight is 393 g/mol. The van der Waals surface area contributed by atoms with Crippen LogP contribution in [-0.4, -0.2) is 28.6 Å². The molecular formula is C18H14F3N3O2S. The van der Waals surface area contributed by atoms with Crippen LogP contribution < -0.4 is 5.32 Å². The van der Waals surface area contributed by atoms with Crippen molar-refractivity contribution in [3.05, 3.63) is 42.0 Å². The summed E-state index contributed by atoms with van der Waals surface area (Å²) in [6.45, 7) is 0.498. The van der Waals surface area contributed by atoms with Crippen LogP contribution in [0.1, 0.15) is 18.4 Å². The minimum atomic E-state index is -4.56. The second kappa shape index (κ2) is 6.90. The van der Waals surface area contributed by atoms with Crippen LogP contribution in [0.2, 0.25) is 0 Å². The zero-order chi connectivity index (χ0) is 19.0. The van der Waals surface area contributed by atoms with Crippen molar-refractivity contribution in [2.75, 3.05) is 11.9 Å². The molecule has 5 nitrogen and oxygen atoms in total. The van der Waals surface area contributed by atoms with Crippen LogP contribution in [0, 0.1) is 0 Å². The van der Waals surface area contributed by atoms with E-state index < -0.39 is 23.8 Å². The molecule has 1 fully saturated rings. The maximum Gasteiger partial charge on any atom is 0.417 e. The molecule has 9 heteroatoms. The number of thiazole rings is 1. The molecule has 0 unspecified atom stereocenters. The van der Waals surface area contributed by atoms with Gasteiger partial charge in [0.05, 0.1) is 16.0 Å². The van der Waals surface area contributed by atoms with Gasteiger partial charge in [-0.25, -0.2) is 4.98 Å². The highest BCUT2D eigenvalue weighted by Crippen LogP contribution is 2.40. The first-order chi connectivity index (χ1) is 12.9. The van der Waals surface area contributed by atoms with Crippen LogP contribution in [-0.2, 0) is 15.7 Å². The number of carbonyl (C=O) groups excluding carboxylic acids is 1. The quantitative estimate of drug-likeness (QED) is 0.712. The number of fused-ring (bicyclic) bond motifs is 1. The third-order valence-electron chi connectivity index (χ3n) is 4.19. The van der Waals surface area contributed by atoms with Crippen LogP contribution in [0.15, 0.2) is 36.4 Å². The number of aromatic nitrogens is 2. The number of hydrogen-bond donors (Lipinski definition) is 1. The summed E-state index contributed by atoms with van der Waals surface area (Å²) in [5.41, 5.74) is -0.127. The molecule has 0 spiro atoms. The van der Waals surface area contributed by atoms with Crippen LogP contribution in [0.4, 0.5) is 18.3 Å². The molecule has 3 heterocycles. The summed E-state index contributed by atoms with van der Waals surface area (Å²) in [6.07, 6.45) is -3.79. The van der Waals surface area contributed by atoms with E-state index in [-0.39, 0.29) is 21.2 Å². The lowest BCUT2D eigenvalue weighted by Gasteiger charge is -2.09. The number of rotatable bonds is 3. The zero-order valence-electron chi connectivity index (χ0n) is 13.9. The number of amides is 1. The van der Waals surface area contributed by atoms with Crippen molar-refractivity contribution in [1.29, 1.82) is 0 Å². The molecule has 0 aliphatic carbocycles. The van der Waals surface area contributed by atoms with Gasteiger partial charge in [0.1, 0.15) is 6.10 Å². The highest BCUT2D eigenvalue weighted by molar-refractivity contribution is 7.22. The van der Waals surface area contributed by atoms with Crippen LogP contribution in [0.3, 0.4) is 0 Å². The van der Waals surface area contributed by atoms with Gasteiger partial charge in [-0.05, 0) is 18.9 Å². The van der Waals surface area contributed by atoms with Crippen molar-refractivity contribution in [2.45, 2.75) is 25.1 Å². The highest BCUT2D eigenvalue weighted by Gasteiger charge is 2.35. The summed E-state index contributed by atoms with van der Waals surface area (Å²) in [6, 6.07) is 9.60. The second-order valence-corrected chi connectivity index (χ2v) is 7.08. The molecule has 27 heavy (non-hydrogen) atoms. The normalized spacial score (nSPS) is 17.4. The molecule has 1 N–H and O–H groups in total. The van der Waals surface area contributed by atoms with E-state index in [2.05, 4.69) is 15.3 Å². The third kappa shape index (κ3) is 3.65. The Morgan fingerprint density at radius 1 is 1.22 bits per heavy atom. The molecule has 4 rings (SSSR count). The number of alkyl halides is 3. The van der Waals surface area contributed by atoms with Gasteiger partial charge in [-0.1, -0.05) is 41.7 Å². The minimum Gasteiger partial charge on any atom is -0.368 e. The first kappa shape index (κ1) is 17.9. The van der Waals surface area contributed by atoms with E-state index in [9.17, 15) is 18.0 Å². The first-order valence-corrected chi connectivity index (χ1v) is 9.10.